The van der Waals surface area contributed by atoms with Crippen LogP contribution in [0, 0.1) is 5.92 Å². The molecule has 2 aliphatic rings. The van der Waals surface area contributed by atoms with Crippen LogP contribution >= 0.6 is 0 Å². The fourth-order valence-electron chi connectivity index (χ4n) is 2.49. The largest absolute Gasteiger partial charge is 0.377 e. The Morgan fingerprint density at radius 3 is 2.88 bits per heavy atom. The molecule has 0 aromatic heterocycles. The van der Waals surface area contributed by atoms with Crippen LogP contribution in [0.5, 0.6) is 0 Å². The summed E-state index contributed by atoms with van der Waals surface area (Å²) in [5.41, 5.74) is 0. The molecule has 0 radical (unpaired) electrons. The summed E-state index contributed by atoms with van der Waals surface area (Å²) in [7, 11) is 0. The highest BCUT2D eigenvalue weighted by molar-refractivity contribution is 5.74. The first-order valence-electron chi connectivity index (χ1n) is 6.87. The number of hydrogen-bond acceptors (Lipinski definition) is 2. The fraction of sp³-hybridized carbons (Fsp3) is 0.923. The molecule has 98 valence electrons. The van der Waals surface area contributed by atoms with E-state index in [1.807, 2.05) is 11.8 Å². The zero-order valence-electron chi connectivity index (χ0n) is 10.9. The Morgan fingerprint density at radius 2 is 2.24 bits per heavy atom. The van der Waals surface area contributed by atoms with Gasteiger partial charge in [0.05, 0.1) is 6.10 Å². The number of piperidine rings is 1. The van der Waals surface area contributed by atoms with Gasteiger partial charge in [0.25, 0.3) is 0 Å². The normalized spacial score (nSPS) is 26.7. The van der Waals surface area contributed by atoms with Gasteiger partial charge in [0, 0.05) is 25.7 Å². The molecule has 2 rings (SSSR count). The maximum absolute atomic E-state index is 12.0. The summed E-state index contributed by atoms with van der Waals surface area (Å²) in [5, 5.41) is 3.11. The minimum absolute atomic E-state index is 0.0915. The Bertz CT molecular complexity index is 264. The smallest absolute Gasteiger partial charge is 0.317 e. The lowest BCUT2D eigenvalue weighted by molar-refractivity contribution is 0.0161. The number of hydrogen-bond donors (Lipinski definition) is 1. The second kappa shape index (κ2) is 5.71. The van der Waals surface area contributed by atoms with E-state index in [0.29, 0.717) is 12.0 Å². The molecule has 2 unspecified atom stereocenters. The first-order valence-corrected chi connectivity index (χ1v) is 6.87. The summed E-state index contributed by atoms with van der Waals surface area (Å²) in [4.78, 5) is 14.0. The molecule has 1 saturated carbocycles. The number of rotatable bonds is 4. The van der Waals surface area contributed by atoms with Crippen LogP contribution in [0.2, 0.25) is 0 Å². The van der Waals surface area contributed by atoms with E-state index in [-0.39, 0.29) is 12.1 Å². The molecule has 1 heterocycles. The molecule has 0 bridgehead atoms. The van der Waals surface area contributed by atoms with Gasteiger partial charge in [0.15, 0.2) is 0 Å². The SMILES string of the molecule is CCOC1CCCN(C(=O)NC(C)C2CC2)C1. The zero-order valence-corrected chi connectivity index (χ0v) is 10.9. The van der Waals surface area contributed by atoms with Crippen LogP contribution in [-0.4, -0.2) is 42.8 Å². The molecule has 4 heteroatoms. The molecular weight excluding hydrogens is 216 g/mol. The molecule has 0 aromatic rings. The number of amides is 2. The zero-order chi connectivity index (χ0) is 12.3. The maximum Gasteiger partial charge on any atom is 0.317 e. The van der Waals surface area contributed by atoms with Crippen molar-refractivity contribution in [3.05, 3.63) is 0 Å². The van der Waals surface area contributed by atoms with E-state index in [0.717, 1.165) is 32.5 Å². The fourth-order valence-corrected chi connectivity index (χ4v) is 2.49. The van der Waals surface area contributed by atoms with E-state index in [1.165, 1.54) is 12.8 Å². The quantitative estimate of drug-likeness (QED) is 0.816. The predicted octanol–water partition coefficient (Wildman–Crippen LogP) is 2.00. The standard InChI is InChI=1S/C13H24N2O2/c1-3-17-12-5-4-8-15(9-12)13(16)14-10(2)11-6-7-11/h10-12H,3-9H2,1-2H3,(H,14,16). The summed E-state index contributed by atoms with van der Waals surface area (Å²) < 4.78 is 5.61. The molecule has 2 amide bonds. The molecule has 4 nitrogen and oxygen atoms in total. The van der Waals surface area contributed by atoms with Gasteiger partial charge in [-0.25, -0.2) is 4.79 Å². The number of urea groups is 1. The molecule has 2 atom stereocenters. The molecule has 1 N–H and O–H groups in total. The Labute approximate surface area is 104 Å². The van der Waals surface area contributed by atoms with Gasteiger partial charge in [-0.2, -0.15) is 0 Å². The lowest BCUT2D eigenvalue weighted by atomic mass is 10.1. The lowest BCUT2D eigenvalue weighted by Gasteiger charge is -2.33. The van der Waals surface area contributed by atoms with Crippen LogP contribution in [0.3, 0.4) is 0 Å². The average Bonchev–Trinajstić information content (AvgIpc) is 3.13. The second-order valence-corrected chi connectivity index (χ2v) is 5.24. The van der Waals surface area contributed by atoms with Crippen molar-refractivity contribution in [2.75, 3.05) is 19.7 Å². The van der Waals surface area contributed by atoms with Crippen LogP contribution in [0.25, 0.3) is 0 Å². The minimum atomic E-state index is 0.0915. The van der Waals surface area contributed by atoms with Gasteiger partial charge in [-0.05, 0) is 45.4 Å². The molecule has 0 aromatic carbocycles. The van der Waals surface area contributed by atoms with E-state index >= 15 is 0 Å². The number of nitrogens with zero attached hydrogens (tertiary/aromatic N) is 1. The summed E-state index contributed by atoms with van der Waals surface area (Å²) in [5.74, 6) is 0.714. The number of carbonyl (C=O) groups is 1. The summed E-state index contributed by atoms with van der Waals surface area (Å²) >= 11 is 0. The molecule has 1 aliphatic heterocycles. The van der Waals surface area contributed by atoms with Gasteiger partial charge >= 0.3 is 6.03 Å². The van der Waals surface area contributed by atoms with Crippen molar-refractivity contribution in [3.63, 3.8) is 0 Å². The van der Waals surface area contributed by atoms with E-state index in [1.54, 1.807) is 0 Å². The van der Waals surface area contributed by atoms with Gasteiger partial charge in [0.1, 0.15) is 0 Å². The van der Waals surface area contributed by atoms with Crippen molar-refractivity contribution in [2.45, 2.75) is 51.7 Å². The van der Waals surface area contributed by atoms with Crippen molar-refractivity contribution in [2.24, 2.45) is 5.92 Å². The van der Waals surface area contributed by atoms with Crippen LogP contribution in [0.1, 0.15) is 39.5 Å². The minimum Gasteiger partial charge on any atom is -0.377 e. The van der Waals surface area contributed by atoms with Crippen molar-refractivity contribution in [1.82, 2.24) is 10.2 Å². The van der Waals surface area contributed by atoms with Crippen molar-refractivity contribution in [1.29, 1.82) is 0 Å². The molecule has 17 heavy (non-hydrogen) atoms. The third-order valence-corrected chi connectivity index (χ3v) is 3.75. The first-order chi connectivity index (χ1) is 8.20. The van der Waals surface area contributed by atoms with Gasteiger partial charge in [-0.15, -0.1) is 0 Å². The van der Waals surface area contributed by atoms with E-state index in [2.05, 4.69) is 12.2 Å². The predicted molar refractivity (Wildman–Crippen MR) is 66.9 cm³/mol. The van der Waals surface area contributed by atoms with Gasteiger partial charge < -0.3 is 15.0 Å². The molecular formula is C13H24N2O2. The number of carbonyl (C=O) groups excluding carboxylic acids is 1. The van der Waals surface area contributed by atoms with Crippen molar-refractivity contribution >= 4 is 6.03 Å². The van der Waals surface area contributed by atoms with Gasteiger partial charge in [-0.1, -0.05) is 0 Å². The van der Waals surface area contributed by atoms with E-state index in [4.69, 9.17) is 4.74 Å². The highest BCUT2D eigenvalue weighted by atomic mass is 16.5. The summed E-state index contributed by atoms with van der Waals surface area (Å²) in [6.07, 6.45) is 4.90. The van der Waals surface area contributed by atoms with Crippen LogP contribution in [0.4, 0.5) is 4.79 Å². The Hall–Kier alpha value is -0.770. The Balaban J connectivity index is 1.77. The molecule has 0 spiro atoms. The maximum atomic E-state index is 12.0. The van der Waals surface area contributed by atoms with Gasteiger partial charge in [0.2, 0.25) is 0 Å². The topological polar surface area (TPSA) is 41.6 Å². The van der Waals surface area contributed by atoms with E-state index < -0.39 is 0 Å². The average molecular weight is 240 g/mol. The third-order valence-electron chi connectivity index (χ3n) is 3.75. The highest BCUT2D eigenvalue weighted by Crippen LogP contribution is 2.32. The number of likely N-dealkylation sites (tertiary alicyclic amines) is 1. The monoisotopic (exact) mass is 240 g/mol. The number of nitrogens with one attached hydrogen (secondary N) is 1. The molecule has 1 aliphatic carbocycles. The molecule has 2 fully saturated rings. The van der Waals surface area contributed by atoms with Crippen LogP contribution in [0.15, 0.2) is 0 Å². The highest BCUT2D eigenvalue weighted by Gasteiger charge is 2.31. The van der Waals surface area contributed by atoms with Crippen LogP contribution < -0.4 is 5.32 Å². The Kier molecular flexibility index (Phi) is 4.26. The summed E-state index contributed by atoms with van der Waals surface area (Å²) in [6.45, 7) is 6.47. The Morgan fingerprint density at radius 1 is 1.47 bits per heavy atom. The van der Waals surface area contributed by atoms with Crippen molar-refractivity contribution < 1.29 is 9.53 Å². The van der Waals surface area contributed by atoms with Crippen molar-refractivity contribution in [3.8, 4) is 0 Å². The van der Waals surface area contributed by atoms with Crippen LogP contribution in [-0.2, 0) is 4.74 Å². The second-order valence-electron chi connectivity index (χ2n) is 5.24. The number of ether oxygens (including phenoxy) is 1. The van der Waals surface area contributed by atoms with E-state index in [9.17, 15) is 4.79 Å². The van der Waals surface area contributed by atoms with Gasteiger partial charge in [-0.3, -0.25) is 0 Å². The molecule has 1 saturated heterocycles. The lowest BCUT2D eigenvalue weighted by Crippen LogP contribution is -2.50. The first kappa shape index (κ1) is 12.7. The third kappa shape index (κ3) is 3.60. The summed E-state index contributed by atoms with van der Waals surface area (Å²) in [6, 6.07) is 0.420.